The molecule has 2 aliphatic heterocycles. The third-order valence-electron chi connectivity index (χ3n) is 6.31. The second-order valence-electron chi connectivity index (χ2n) is 8.11. The lowest BCUT2D eigenvalue weighted by atomic mass is 10.1. The van der Waals surface area contributed by atoms with Gasteiger partial charge >= 0.3 is 0 Å². The number of aromatic nitrogens is 3. The fourth-order valence-corrected chi connectivity index (χ4v) is 5.20. The van der Waals surface area contributed by atoms with Crippen molar-refractivity contribution in [3.8, 4) is 11.3 Å². The van der Waals surface area contributed by atoms with Crippen LogP contribution in [0.15, 0.2) is 48.1 Å². The van der Waals surface area contributed by atoms with Crippen LogP contribution in [0.25, 0.3) is 11.3 Å². The Labute approximate surface area is 191 Å². The normalized spacial score (nSPS) is 19.7. The predicted octanol–water partition coefficient (Wildman–Crippen LogP) is 2.59. The van der Waals surface area contributed by atoms with Gasteiger partial charge in [-0.25, -0.2) is 4.98 Å². The molecule has 0 spiro atoms. The SMILES string of the molecule is CCn1nccc1-c1cccc(N2CC(N3CCN(C(=O)c4nccs4)CC3)CC2=O)c1. The van der Waals surface area contributed by atoms with Crippen molar-refractivity contribution in [2.24, 2.45) is 0 Å². The summed E-state index contributed by atoms with van der Waals surface area (Å²) in [4.78, 5) is 35.7. The van der Waals surface area contributed by atoms with Gasteiger partial charge in [-0.1, -0.05) is 12.1 Å². The fourth-order valence-electron chi connectivity index (χ4n) is 4.60. The number of thiazole rings is 1. The number of anilines is 1. The van der Waals surface area contributed by atoms with Crippen LogP contribution in [-0.4, -0.2) is 75.1 Å². The van der Waals surface area contributed by atoms with Gasteiger partial charge in [-0.15, -0.1) is 11.3 Å². The maximum absolute atomic E-state index is 12.9. The molecule has 0 aliphatic carbocycles. The third-order valence-corrected chi connectivity index (χ3v) is 7.07. The maximum atomic E-state index is 12.9. The van der Waals surface area contributed by atoms with Gasteiger partial charge in [0.25, 0.3) is 5.91 Å². The van der Waals surface area contributed by atoms with E-state index in [0.717, 1.165) is 36.6 Å². The first-order chi connectivity index (χ1) is 15.6. The van der Waals surface area contributed by atoms with E-state index in [1.165, 1.54) is 11.3 Å². The van der Waals surface area contributed by atoms with E-state index >= 15 is 0 Å². The summed E-state index contributed by atoms with van der Waals surface area (Å²) < 4.78 is 1.96. The van der Waals surface area contributed by atoms with Crippen LogP contribution in [0.5, 0.6) is 0 Å². The molecule has 2 fully saturated rings. The average Bonchev–Trinajstić information content (AvgIpc) is 3.59. The molecule has 166 valence electrons. The molecule has 2 aliphatic rings. The lowest BCUT2D eigenvalue weighted by molar-refractivity contribution is -0.117. The maximum Gasteiger partial charge on any atom is 0.282 e. The number of hydrogen-bond donors (Lipinski definition) is 0. The summed E-state index contributed by atoms with van der Waals surface area (Å²) in [6, 6.07) is 10.3. The quantitative estimate of drug-likeness (QED) is 0.597. The first-order valence-electron chi connectivity index (χ1n) is 11.0. The Morgan fingerprint density at radius 2 is 2.00 bits per heavy atom. The Morgan fingerprint density at radius 1 is 1.16 bits per heavy atom. The molecular weight excluding hydrogens is 424 g/mol. The number of piperazine rings is 1. The number of hydrogen-bond acceptors (Lipinski definition) is 6. The van der Waals surface area contributed by atoms with Crippen LogP contribution in [0.4, 0.5) is 5.69 Å². The molecule has 1 atom stereocenters. The summed E-state index contributed by atoms with van der Waals surface area (Å²) in [7, 11) is 0. The van der Waals surface area contributed by atoms with Crippen molar-refractivity contribution < 1.29 is 9.59 Å². The number of amides is 2. The minimum Gasteiger partial charge on any atom is -0.334 e. The molecule has 32 heavy (non-hydrogen) atoms. The highest BCUT2D eigenvalue weighted by molar-refractivity contribution is 7.11. The van der Waals surface area contributed by atoms with Crippen LogP contribution >= 0.6 is 11.3 Å². The van der Waals surface area contributed by atoms with Crippen molar-refractivity contribution in [1.82, 2.24) is 24.6 Å². The molecule has 0 radical (unpaired) electrons. The monoisotopic (exact) mass is 450 g/mol. The standard InChI is InChI=1S/C23H26N6O2S/c1-2-29-20(6-7-25-29)17-4-3-5-18(14-17)28-16-19(15-21(28)30)26-9-11-27(12-10-26)23(31)22-24-8-13-32-22/h3-8,13-14,19H,2,9-12,15-16H2,1H3. The molecule has 5 rings (SSSR count). The molecule has 4 heterocycles. The summed E-state index contributed by atoms with van der Waals surface area (Å²) in [5.41, 5.74) is 3.04. The fraction of sp³-hybridized carbons (Fsp3) is 0.391. The molecule has 2 amide bonds. The Morgan fingerprint density at radius 3 is 2.75 bits per heavy atom. The number of carbonyl (C=O) groups excluding carboxylic acids is 2. The van der Waals surface area contributed by atoms with E-state index in [0.29, 0.717) is 31.1 Å². The topological polar surface area (TPSA) is 74.6 Å². The summed E-state index contributed by atoms with van der Waals surface area (Å²) in [5.74, 6) is 0.157. The summed E-state index contributed by atoms with van der Waals surface area (Å²) >= 11 is 1.38. The summed E-state index contributed by atoms with van der Waals surface area (Å²) in [6.45, 7) is 6.43. The van der Waals surface area contributed by atoms with E-state index in [9.17, 15) is 9.59 Å². The van der Waals surface area contributed by atoms with Crippen LogP contribution in [0.2, 0.25) is 0 Å². The zero-order valence-electron chi connectivity index (χ0n) is 18.1. The molecule has 2 saturated heterocycles. The van der Waals surface area contributed by atoms with Gasteiger partial charge in [-0.05, 0) is 25.1 Å². The minimum atomic E-state index is 0.00640. The highest BCUT2D eigenvalue weighted by Crippen LogP contribution is 2.29. The van der Waals surface area contributed by atoms with Gasteiger partial charge in [0.05, 0.1) is 5.69 Å². The first kappa shape index (κ1) is 20.8. The highest BCUT2D eigenvalue weighted by atomic mass is 32.1. The smallest absolute Gasteiger partial charge is 0.282 e. The number of carbonyl (C=O) groups is 2. The Kier molecular flexibility index (Phi) is 5.75. The van der Waals surface area contributed by atoms with Crippen LogP contribution in [0.1, 0.15) is 23.1 Å². The third kappa shape index (κ3) is 3.93. The zero-order chi connectivity index (χ0) is 22.1. The van der Waals surface area contributed by atoms with Crippen molar-refractivity contribution in [3.05, 3.63) is 53.1 Å². The summed E-state index contributed by atoms with van der Waals surface area (Å²) in [5, 5.41) is 6.73. The van der Waals surface area contributed by atoms with Crippen LogP contribution in [0, 0.1) is 0 Å². The van der Waals surface area contributed by atoms with Gasteiger partial charge in [0.1, 0.15) is 0 Å². The van der Waals surface area contributed by atoms with Crippen molar-refractivity contribution in [3.63, 3.8) is 0 Å². The zero-order valence-corrected chi connectivity index (χ0v) is 18.9. The van der Waals surface area contributed by atoms with Crippen LogP contribution in [-0.2, 0) is 11.3 Å². The van der Waals surface area contributed by atoms with Crippen LogP contribution < -0.4 is 4.90 Å². The summed E-state index contributed by atoms with van der Waals surface area (Å²) in [6.07, 6.45) is 3.98. The highest BCUT2D eigenvalue weighted by Gasteiger charge is 2.36. The van der Waals surface area contributed by atoms with E-state index in [1.807, 2.05) is 38.1 Å². The van der Waals surface area contributed by atoms with E-state index in [4.69, 9.17) is 0 Å². The second kappa shape index (κ2) is 8.84. The van der Waals surface area contributed by atoms with Crippen molar-refractivity contribution in [2.45, 2.75) is 25.9 Å². The molecule has 1 unspecified atom stereocenters. The second-order valence-corrected chi connectivity index (χ2v) is 9.00. The molecule has 9 heteroatoms. The number of benzene rings is 1. The van der Waals surface area contributed by atoms with Gasteiger partial charge in [-0.2, -0.15) is 5.10 Å². The Balaban J connectivity index is 1.24. The average molecular weight is 451 g/mol. The van der Waals surface area contributed by atoms with Gasteiger partial charge in [0, 0.05) is 80.8 Å². The van der Waals surface area contributed by atoms with E-state index in [-0.39, 0.29) is 17.9 Å². The molecule has 1 aromatic carbocycles. The van der Waals surface area contributed by atoms with Crippen LogP contribution in [0.3, 0.4) is 0 Å². The number of nitrogens with zero attached hydrogens (tertiary/aromatic N) is 6. The molecule has 0 saturated carbocycles. The van der Waals surface area contributed by atoms with E-state index in [2.05, 4.69) is 34.0 Å². The Hall–Kier alpha value is -3.04. The van der Waals surface area contributed by atoms with Crippen molar-refractivity contribution >= 4 is 28.8 Å². The van der Waals surface area contributed by atoms with Gasteiger partial charge in [0.2, 0.25) is 5.91 Å². The molecule has 2 aromatic heterocycles. The number of aryl methyl sites for hydroxylation is 1. The van der Waals surface area contributed by atoms with Gasteiger partial charge < -0.3 is 9.80 Å². The lowest BCUT2D eigenvalue weighted by Gasteiger charge is -2.37. The molecular formula is C23H26N6O2S. The Bertz CT molecular complexity index is 1100. The van der Waals surface area contributed by atoms with Gasteiger partial charge in [-0.3, -0.25) is 19.2 Å². The molecule has 0 bridgehead atoms. The van der Waals surface area contributed by atoms with Gasteiger partial charge in [0.15, 0.2) is 5.01 Å². The number of rotatable bonds is 5. The van der Waals surface area contributed by atoms with Crippen molar-refractivity contribution in [2.75, 3.05) is 37.6 Å². The molecule has 3 aromatic rings. The van der Waals surface area contributed by atoms with Crippen molar-refractivity contribution in [1.29, 1.82) is 0 Å². The molecule has 8 nitrogen and oxygen atoms in total. The largest absolute Gasteiger partial charge is 0.334 e. The molecule has 0 N–H and O–H groups in total. The van der Waals surface area contributed by atoms with E-state index in [1.54, 1.807) is 12.4 Å². The lowest BCUT2D eigenvalue weighted by Crippen LogP contribution is -2.52. The minimum absolute atomic E-state index is 0.00640. The van der Waals surface area contributed by atoms with E-state index < -0.39 is 0 Å². The first-order valence-corrected chi connectivity index (χ1v) is 11.9. The predicted molar refractivity (Wildman–Crippen MR) is 124 cm³/mol.